The molecule has 40 heavy (non-hydrogen) atoms. The molecular weight excluding hydrogens is 496 g/mol. The van der Waals surface area contributed by atoms with E-state index in [1.54, 1.807) is 0 Å². The molecule has 2 N–H and O–H groups in total. The fourth-order valence-electron chi connectivity index (χ4n) is 6.05. The van der Waals surface area contributed by atoms with Crippen molar-refractivity contribution >= 4 is 22.6 Å². The number of esters is 1. The molecule has 1 aliphatic rings. The molecule has 0 unspecified atom stereocenters. The maximum Gasteiger partial charge on any atom is 0.328 e. The first-order chi connectivity index (χ1) is 19.5. The van der Waals surface area contributed by atoms with Crippen LogP contribution in [0.3, 0.4) is 0 Å². The number of amides is 1. The van der Waals surface area contributed by atoms with Crippen molar-refractivity contribution in [1.29, 1.82) is 0 Å². The zero-order chi connectivity index (χ0) is 27.9. The van der Waals surface area contributed by atoms with Crippen LogP contribution in [0.5, 0.6) is 0 Å². The van der Waals surface area contributed by atoms with E-state index in [0.29, 0.717) is 23.9 Å². The normalized spacial score (nSPS) is 18.6. The molecule has 0 aromatic heterocycles. The van der Waals surface area contributed by atoms with E-state index in [4.69, 9.17) is 4.74 Å². The summed E-state index contributed by atoms with van der Waals surface area (Å²) in [6.07, 6.45) is 4.94. The van der Waals surface area contributed by atoms with Crippen LogP contribution in [0.25, 0.3) is 10.8 Å². The van der Waals surface area contributed by atoms with Crippen LogP contribution in [0.15, 0.2) is 97.1 Å². The molecule has 5 rings (SSSR count). The van der Waals surface area contributed by atoms with Crippen molar-refractivity contribution < 1.29 is 14.3 Å². The summed E-state index contributed by atoms with van der Waals surface area (Å²) in [6.45, 7) is 2.26. The lowest BCUT2D eigenvalue weighted by Gasteiger charge is -2.32. The Morgan fingerprint density at radius 2 is 1.60 bits per heavy atom. The summed E-state index contributed by atoms with van der Waals surface area (Å²) in [5, 5.41) is 9.36. The summed E-state index contributed by atoms with van der Waals surface area (Å²) >= 11 is 0. The Hall–Kier alpha value is -3.96. The third-order valence-electron chi connectivity index (χ3n) is 8.17. The minimum absolute atomic E-state index is 0.263. The van der Waals surface area contributed by atoms with Crippen LogP contribution in [-0.2, 0) is 16.0 Å². The summed E-state index contributed by atoms with van der Waals surface area (Å²) in [5.41, 5.74) is 4.10. The topological polar surface area (TPSA) is 67.4 Å². The standard InChI is InChI=1S/C35H38N2O3/c1-24(31-17-9-13-27-12-6-7-16-32(27)31)36-30-15-8-14-29(23-30)26-18-20-28(21-19-26)34(38)37-33(35(39)40-2)22-25-10-4-3-5-11-25/h3-7,9-13,16-21,24,29-30,33,36H,8,14-15,22-23H2,1-2H3,(H,37,38)/t24-,29+,30+,33+/m1/s1. The first-order valence-electron chi connectivity index (χ1n) is 14.3. The van der Waals surface area contributed by atoms with E-state index in [1.807, 2.05) is 42.5 Å². The third-order valence-corrected chi connectivity index (χ3v) is 8.17. The largest absolute Gasteiger partial charge is 0.467 e. The molecule has 5 nitrogen and oxygen atoms in total. The quantitative estimate of drug-likeness (QED) is 0.234. The molecule has 0 heterocycles. The minimum Gasteiger partial charge on any atom is -0.467 e. The van der Waals surface area contributed by atoms with Crippen LogP contribution in [0.4, 0.5) is 0 Å². The van der Waals surface area contributed by atoms with Crippen LogP contribution < -0.4 is 10.6 Å². The monoisotopic (exact) mass is 534 g/mol. The van der Waals surface area contributed by atoms with E-state index >= 15 is 0 Å². The number of hydrogen-bond donors (Lipinski definition) is 2. The third kappa shape index (κ3) is 6.60. The molecule has 0 aliphatic heterocycles. The average Bonchev–Trinajstić information content (AvgIpc) is 3.00. The molecule has 1 aliphatic carbocycles. The highest BCUT2D eigenvalue weighted by molar-refractivity contribution is 5.96. The van der Waals surface area contributed by atoms with Gasteiger partial charge in [-0.05, 0) is 71.7 Å². The van der Waals surface area contributed by atoms with Gasteiger partial charge in [-0.25, -0.2) is 4.79 Å². The van der Waals surface area contributed by atoms with Crippen molar-refractivity contribution in [1.82, 2.24) is 10.6 Å². The summed E-state index contributed by atoms with van der Waals surface area (Å²) in [5.74, 6) is -0.277. The maximum absolute atomic E-state index is 13.0. The second-order valence-electron chi connectivity index (χ2n) is 10.9. The van der Waals surface area contributed by atoms with Crippen molar-refractivity contribution in [2.45, 2.75) is 63.1 Å². The van der Waals surface area contributed by atoms with Crippen LogP contribution in [0.2, 0.25) is 0 Å². The molecule has 1 saturated carbocycles. The average molecular weight is 535 g/mol. The lowest BCUT2D eigenvalue weighted by atomic mass is 9.80. The van der Waals surface area contributed by atoms with Gasteiger partial charge in [0.15, 0.2) is 0 Å². The molecular formula is C35H38N2O3. The molecule has 0 bridgehead atoms. The van der Waals surface area contributed by atoms with Gasteiger partial charge in [0.2, 0.25) is 0 Å². The Bertz CT molecular complexity index is 1430. The Kier molecular flexibility index (Phi) is 8.92. The number of carbonyl (C=O) groups excluding carboxylic acids is 2. The van der Waals surface area contributed by atoms with Crippen molar-refractivity contribution in [2.24, 2.45) is 0 Å². The molecule has 0 spiro atoms. The second-order valence-corrected chi connectivity index (χ2v) is 10.9. The summed E-state index contributed by atoms with van der Waals surface area (Å²) in [4.78, 5) is 25.4. The lowest BCUT2D eigenvalue weighted by molar-refractivity contribution is -0.142. The molecule has 4 aromatic rings. The number of fused-ring (bicyclic) bond motifs is 1. The fourth-order valence-corrected chi connectivity index (χ4v) is 6.05. The van der Waals surface area contributed by atoms with Gasteiger partial charge in [0.1, 0.15) is 6.04 Å². The van der Waals surface area contributed by atoms with Crippen molar-refractivity contribution in [3.8, 4) is 0 Å². The van der Waals surface area contributed by atoms with Gasteiger partial charge < -0.3 is 15.4 Å². The molecule has 5 heteroatoms. The molecule has 1 amide bonds. The number of methoxy groups -OCH3 is 1. The van der Waals surface area contributed by atoms with E-state index in [2.05, 4.69) is 72.2 Å². The number of ether oxygens (including phenoxy) is 1. The number of nitrogens with one attached hydrogen (secondary N) is 2. The highest BCUT2D eigenvalue weighted by atomic mass is 16.5. The molecule has 0 radical (unpaired) electrons. The van der Waals surface area contributed by atoms with Crippen LogP contribution in [0.1, 0.15) is 71.6 Å². The number of rotatable bonds is 9. The van der Waals surface area contributed by atoms with Gasteiger partial charge in [0, 0.05) is 24.1 Å². The van der Waals surface area contributed by atoms with Gasteiger partial charge in [0.25, 0.3) is 5.91 Å². The molecule has 0 saturated heterocycles. The number of hydrogen-bond acceptors (Lipinski definition) is 4. The SMILES string of the molecule is COC(=O)[C@H](Cc1ccccc1)NC(=O)c1ccc([C@H]2CCC[C@H](N[C@H](C)c3cccc4ccccc34)C2)cc1. The Morgan fingerprint density at radius 3 is 2.38 bits per heavy atom. The van der Waals surface area contributed by atoms with Gasteiger partial charge in [-0.15, -0.1) is 0 Å². The minimum atomic E-state index is -0.742. The first kappa shape index (κ1) is 27.6. The zero-order valence-electron chi connectivity index (χ0n) is 23.3. The van der Waals surface area contributed by atoms with Crippen molar-refractivity contribution in [3.05, 3.63) is 119 Å². The molecule has 4 atom stereocenters. The fraction of sp³-hybridized carbons (Fsp3) is 0.314. The predicted molar refractivity (Wildman–Crippen MR) is 160 cm³/mol. The lowest BCUT2D eigenvalue weighted by Crippen LogP contribution is -2.43. The van der Waals surface area contributed by atoms with Crippen LogP contribution in [-0.4, -0.2) is 31.1 Å². The smallest absolute Gasteiger partial charge is 0.328 e. The van der Waals surface area contributed by atoms with Gasteiger partial charge in [-0.3, -0.25) is 4.79 Å². The molecule has 4 aromatic carbocycles. The number of carbonyl (C=O) groups is 2. The Balaban J connectivity index is 1.21. The Labute approximate surface area is 237 Å². The summed E-state index contributed by atoms with van der Waals surface area (Å²) < 4.78 is 4.95. The van der Waals surface area contributed by atoms with Gasteiger partial charge in [-0.1, -0.05) is 91.3 Å². The van der Waals surface area contributed by atoms with E-state index in [0.717, 1.165) is 18.4 Å². The van der Waals surface area contributed by atoms with Crippen LogP contribution >= 0.6 is 0 Å². The highest BCUT2D eigenvalue weighted by Gasteiger charge is 2.26. The predicted octanol–water partition coefficient (Wildman–Crippen LogP) is 6.73. The second kappa shape index (κ2) is 12.9. The van der Waals surface area contributed by atoms with Gasteiger partial charge in [0.05, 0.1) is 7.11 Å². The van der Waals surface area contributed by atoms with E-state index < -0.39 is 12.0 Å². The van der Waals surface area contributed by atoms with Crippen molar-refractivity contribution in [2.75, 3.05) is 7.11 Å². The van der Waals surface area contributed by atoms with Gasteiger partial charge in [-0.2, -0.15) is 0 Å². The van der Waals surface area contributed by atoms with E-state index in [-0.39, 0.29) is 11.9 Å². The Morgan fingerprint density at radius 1 is 0.875 bits per heavy atom. The van der Waals surface area contributed by atoms with Crippen LogP contribution in [0, 0.1) is 0 Å². The molecule has 206 valence electrons. The van der Waals surface area contributed by atoms with Crippen molar-refractivity contribution in [3.63, 3.8) is 0 Å². The van der Waals surface area contributed by atoms with E-state index in [9.17, 15) is 9.59 Å². The summed E-state index contributed by atoms with van der Waals surface area (Å²) in [6, 6.07) is 32.6. The maximum atomic E-state index is 13.0. The highest BCUT2D eigenvalue weighted by Crippen LogP contribution is 2.34. The van der Waals surface area contributed by atoms with E-state index in [1.165, 1.54) is 41.9 Å². The summed E-state index contributed by atoms with van der Waals surface area (Å²) in [7, 11) is 1.34. The number of benzene rings is 4. The molecule has 1 fully saturated rings. The van der Waals surface area contributed by atoms with Gasteiger partial charge >= 0.3 is 5.97 Å². The zero-order valence-corrected chi connectivity index (χ0v) is 23.3. The first-order valence-corrected chi connectivity index (χ1v) is 14.3.